The first-order chi connectivity index (χ1) is 9.08. The van der Waals surface area contributed by atoms with Gasteiger partial charge in [0.05, 0.1) is 0 Å². The van der Waals surface area contributed by atoms with Crippen molar-refractivity contribution in [2.75, 3.05) is 5.32 Å². The third-order valence-electron chi connectivity index (χ3n) is 2.60. The number of rotatable bonds is 3. The molecule has 0 spiro atoms. The maximum Gasteiger partial charge on any atom is 0.412 e. The molecule has 1 aromatic carbocycles. The fraction of sp³-hybridized carbons (Fsp3) is 0.231. The second-order valence-corrected chi connectivity index (χ2v) is 4.72. The van der Waals surface area contributed by atoms with Crippen molar-refractivity contribution >= 4 is 27.7 Å². The lowest BCUT2D eigenvalue weighted by atomic mass is 10.1. The Bertz CT molecular complexity index is 549. The normalized spacial score (nSPS) is 11.9. The van der Waals surface area contributed by atoms with Crippen LogP contribution in [0, 0.1) is 6.92 Å². The Balaban J connectivity index is 1.99. The minimum atomic E-state index is -0.552. The first kappa shape index (κ1) is 13.6. The van der Waals surface area contributed by atoms with Crippen LogP contribution in [0.4, 0.5) is 10.5 Å². The number of carbonyl (C=O) groups is 1. The van der Waals surface area contributed by atoms with Gasteiger partial charge in [-0.05, 0) is 35.3 Å². The number of benzene rings is 1. The molecule has 5 nitrogen and oxygen atoms in total. The van der Waals surface area contributed by atoms with E-state index in [0.717, 1.165) is 5.56 Å². The first-order valence-corrected chi connectivity index (χ1v) is 6.51. The van der Waals surface area contributed by atoms with Crippen molar-refractivity contribution in [3.63, 3.8) is 0 Å². The van der Waals surface area contributed by atoms with E-state index in [1.165, 1.54) is 0 Å². The number of ether oxygens (including phenoxy) is 1. The molecule has 1 amide bonds. The summed E-state index contributed by atoms with van der Waals surface area (Å²) in [6, 6.07) is 9.51. The van der Waals surface area contributed by atoms with Crippen molar-refractivity contribution in [3.8, 4) is 0 Å². The number of aromatic nitrogens is 1. The van der Waals surface area contributed by atoms with E-state index in [0.29, 0.717) is 16.1 Å². The van der Waals surface area contributed by atoms with Gasteiger partial charge in [-0.25, -0.2) is 4.79 Å². The Morgan fingerprint density at radius 1 is 1.42 bits per heavy atom. The number of nitrogens with one attached hydrogen (secondary N) is 1. The Kier molecular flexibility index (Phi) is 4.21. The average Bonchev–Trinajstić information content (AvgIpc) is 2.71. The highest BCUT2D eigenvalue weighted by Crippen LogP contribution is 2.26. The van der Waals surface area contributed by atoms with Crippen LogP contribution >= 0.6 is 15.9 Å². The van der Waals surface area contributed by atoms with Crippen molar-refractivity contribution in [1.82, 2.24) is 5.16 Å². The molecule has 2 rings (SSSR count). The summed E-state index contributed by atoms with van der Waals surface area (Å²) in [5, 5.41) is 6.31. The Hall–Kier alpha value is -1.82. The van der Waals surface area contributed by atoms with Gasteiger partial charge in [0.1, 0.15) is 17.5 Å². The van der Waals surface area contributed by atoms with Gasteiger partial charge in [-0.2, -0.15) is 0 Å². The van der Waals surface area contributed by atoms with Crippen LogP contribution < -0.4 is 5.32 Å². The SMILES string of the molecule is Cc1noc(Br)c1NC(=O)O[C@H](C)c1ccccc1. The van der Waals surface area contributed by atoms with Gasteiger partial charge < -0.3 is 9.26 Å². The van der Waals surface area contributed by atoms with Gasteiger partial charge >= 0.3 is 6.09 Å². The Labute approximate surface area is 119 Å². The molecular formula is C13H13BrN2O3. The van der Waals surface area contributed by atoms with Gasteiger partial charge in [-0.1, -0.05) is 35.5 Å². The van der Waals surface area contributed by atoms with Crippen LogP contribution in [0.5, 0.6) is 0 Å². The highest BCUT2D eigenvalue weighted by atomic mass is 79.9. The minimum absolute atomic E-state index is 0.333. The average molecular weight is 325 g/mol. The molecule has 0 bridgehead atoms. The second kappa shape index (κ2) is 5.88. The van der Waals surface area contributed by atoms with Gasteiger partial charge in [-0.3, -0.25) is 5.32 Å². The van der Waals surface area contributed by atoms with E-state index in [4.69, 9.17) is 9.26 Å². The van der Waals surface area contributed by atoms with Crippen LogP contribution in [0.2, 0.25) is 0 Å². The summed E-state index contributed by atoms with van der Waals surface area (Å²) in [5.41, 5.74) is 1.99. The van der Waals surface area contributed by atoms with Crippen LogP contribution in [0.25, 0.3) is 0 Å². The van der Waals surface area contributed by atoms with Crippen LogP contribution in [0.15, 0.2) is 39.5 Å². The van der Waals surface area contributed by atoms with E-state index in [9.17, 15) is 4.79 Å². The van der Waals surface area contributed by atoms with Crippen LogP contribution in [-0.4, -0.2) is 11.2 Å². The van der Waals surface area contributed by atoms with E-state index in [2.05, 4.69) is 26.4 Å². The summed E-state index contributed by atoms with van der Waals surface area (Å²) in [5.74, 6) is 0. The predicted molar refractivity (Wildman–Crippen MR) is 73.9 cm³/mol. The molecule has 0 aliphatic carbocycles. The van der Waals surface area contributed by atoms with Crippen molar-refractivity contribution < 1.29 is 14.1 Å². The molecule has 1 atom stereocenters. The maximum absolute atomic E-state index is 11.8. The molecule has 1 heterocycles. The molecular weight excluding hydrogens is 312 g/mol. The third-order valence-corrected chi connectivity index (χ3v) is 3.14. The molecule has 0 aliphatic heterocycles. The molecule has 0 unspecified atom stereocenters. The van der Waals surface area contributed by atoms with Gasteiger partial charge in [0.15, 0.2) is 0 Å². The highest BCUT2D eigenvalue weighted by Gasteiger charge is 2.16. The molecule has 0 saturated heterocycles. The minimum Gasteiger partial charge on any atom is -0.441 e. The van der Waals surface area contributed by atoms with Crippen LogP contribution in [0.3, 0.4) is 0 Å². The van der Waals surface area contributed by atoms with Crippen molar-refractivity contribution in [2.45, 2.75) is 20.0 Å². The monoisotopic (exact) mass is 324 g/mol. The molecule has 100 valence electrons. The van der Waals surface area contributed by atoms with E-state index in [-0.39, 0.29) is 6.10 Å². The third kappa shape index (κ3) is 3.35. The molecule has 0 saturated carbocycles. The highest BCUT2D eigenvalue weighted by molar-refractivity contribution is 9.10. The summed E-state index contributed by atoms with van der Waals surface area (Å²) < 4.78 is 10.5. The number of hydrogen-bond acceptors (Lipinski definition) is 4. The summed E-state index contributed by atoms with van der Waals surface area (Å²) >= 11 is 3.16. The second-order valence-electron chi connectivity index (χ2n) is 4.00. The van der Waals surface area contributed by atoms with E-state index < -0.39 is 6.09 Å². The molecule has 0 radical (unpaired) electrons. The van der Waals surface area contributed by atoms with Crippen LogP contribution in [-0.2, 0) is 4.74 Å². The van der Waals surface area contributed by atoms with Crippen molar-refractivity contribution in [3.05, 3.63) is 46.3 Å². The lowest BCUT2D eigenvalue weighted by Crippen LogP contribution is -2.16. The maximum atomic E-state index is 11.8. The summed E-state index contributed by atoms with van der Waals surface area (Å²) in [7, 11) is 0. The topological polar surface area (TPSA) is 64.4 Å². The zero-order valence-electron chi connectivity index (χ0n) is 10.5. The van der Waals surface area contributed by atoms with Gasteiger partial charge in [0.2, 0.25) is 4.67 Å². The standard InChI is InChI=1S/C13H13BrN2O3/c1-8-11(12(14)19-16-8)15-13(17)18-9(2)10-6-4-3-5-7-10/h3-7,9H,1-2H3,(H,15,17)/t9-/m1/s1. The lowest BCUT2D eigenvalue weighted by Gasteiger charge is -2.13. The summed E-state index contributed by atoms with van der Waals surface area (Å²) in [6.07, 6.45) is -0.886. The summed E-state index contributed by atoms with van der Waals surface area (Å²) in [6.45, 7) is 3.54. The van der Waals surface area contributed by atoms with Gasteiger partial charge in [0.25, 0.3) is 0 Å². The quantitative estimate of drug-likeness (QED) is 0.924. The molecule has 0 fully saturated rings. The van der Waals surface area contributed by atoms with Gasteiger partial charge in [-0.15, -0.1) is 0 Å². The largest absolute Gasteiger partial charge is 0.441 e. The van der Waals surface area contributed by atoms with E-state index >= 15 is 0 Å². The van der Waals surface area contributed by atoms with Gasteiger partial charge in [0, 0.05) is 0 Å². The molecule has 19 heavy (non-hydrogen) atoms. The van der Waals surface area contributed by atoms with Crippen LogP contribution in [0.1, 0.15) is 24.3 Å². The number of halogens is 1. The predicted octanol–water partition coefficient (Wildman–Crippen LogP) is 4.06. The number of carbonyl (C=O) groups excluding carboxylic acids is 1. The fourth-order valence-corrected chi connectivity index (χ4v) is 2.02. The number of anilines is 1. The fourth-order valence-electron chi connectivity index (χ4n) is 1.57. The molecule has 0 aliphatic rings. The number of nitrogens with zero attached hydrogens (tertiary/aromatic N) is 1. The van der Waals surface area contributed by atoms with Crippen molar-refractivity contribution in [1.29, 1.82) is 0 Å². The Morgan fingerprint density at radius 3 is 2.68 bits per heavy atom. The zero-order valence-corrected chi connectivity index (χ0v) is 12.1. The zero-order chi connectivity index (χ0) is 13.8. The number of amides is 1. The first-order valence-electron chi connectivity index (χ1n) is 5.72. The van der Waals surface area contributed by atoms with Crippen molar-refractivity contribution in [2.24, 2.45) is 0 Å². The van der Waals surface area contributed by atoms with E-state index in [1.54, 1.807) is 6.92 Å². The lowest BCUT2D eigenvalue weighted by molar-refractivity contribution is 0.121. The van der Waals surface area contributed by atoms with E-state index in [1.807, 2.05) is 37.3 Å². The molecule has 6 heteroatoms. The molecule has 2 aromatic rings. The molecule has 1 N–H and O–H groups in total. The summed E-state index contributed by atoms with van der Waals surface area (Å²) in [4.78, 5) is 11.8. The number of aryl methyl sites for hydroxylation is 1. The smallest absolute Gasteiger partial charge is 0.412 e. The molecule has 1 aromatic heterocycles. The Morgan fingerprint density at radius 2 is 2.11 bits per heavy atom. The number of hydrogen-bond donors (Lipinski definition) is 1.